The van der Waals surface area contributed by atoms with Crippen molar-refractivity contribution in [2.45, 2.75) is 72.0 Å². The third-order valence-corrected chi connectivity index (χ3v) is 4.15. The second-order valence-corrected chi connectivity index (χ2v) is 6.71. The smallest absolute Gasteiger partial charge is 0.0715 e. The second kappa shape index (κ2) is 7.92. The molecule has 0 radical (unpaired) electrons. The van der Waals surface area contributed by atoms with Crippen LogP contribution in [0.25, 0.3) is 0 Å². The van der Waals surface area contributed by atoms with E-state index in [1.807, 2.05) is 0 Å². The fraction of sp³-hybridized carbons (Fsp3) is 0.882. The van der Waals surface area contributed by atoms with E-state index in [2.05, 4.69) is 50.8 Å². The van der Waals surface area contributed by atoms with Crippen molar-refractivity contribution in [1.82, 2.24) is 10.2 Å². The quantitative estimate of drug-likeness (QED) is 0.742. The van der Waals surface area contributed by atoms with Crippen LogP contribution in [0.4, 0.5) is 0 Å². The van der Waals surface area contributed by atoms with Crippen molar-refractivity contribution < 1.29 is 0 Å². The van der Waals surface area contributed by atoms with Gasteiger partial charge in [-0.05, 0) is 24.7 Å². The molecular weight excluding hydrogens is 232 g/mol. The van der Waals surface area contributed by atoms with E-state index in [1.165, 1.54) is 12.8 Å². The van der Waals surface area contributed by atoms with Crippen LogP contribution in [0, 0.1) is 24.2 Å². The Bertz CT molecular complexity index is 290. The summed E-state index contributed by atoms with van der Waals surface area (Å²) in [4.78, 5) is 2.59. The normalized spacial score (nSPS) is 26.6. The van der Waals surface area contributed by atoms with Crippen LogP contribution in [-0.4, -0.2) is 36.1 Å². The van der Waals surface area contributed by atoms with E-state index in [1.54, 1.807) is 0 Å². The molecule has 0 saturated carbocycles. The molecule has 110 valence electrons. The molecule has 0 aliphatic carbocycles. The average molecular weight is 264 g/mol. The lowest BCUT2D eigenvalue weighted by molar-refractivity contribution is 0.0678. The lowest BCUT2D eigenvalue weighted by atomic mass is 9.92. The third kappa shape index (κ3) is 4.82. The van der Waals surface area contributed by atoms with Crippen molar-refractivity contribution in [3.8, 4) is 12.3 Å². The Balaban J connectivity index is 2.75. The van der Waals surface area contributed by atoms with E-state index in [4.69, 9.17) is 6.42 Å². The molecule has 1 rings (SSSR count). The SMILES string of the molecule is C#CC(CCC)N1CC(CC(C)C)NCC1C(C)C. The molecule has 3 atom stereocenters. The molecule has 1 fully saturated rings. The zero-order valence-electron chi connectivity index (χ0n) is 13.4. The summed E-state index contributed by atoms with van der Waals surface area (Å²) in [6, 6.07) is 1.49. The first kappa shape index (κ1) is 16.5. The van der Waals surface area contributed by atoms with E-state index in [9.17, 15) is 0 Å². The molecular formula is C17H32N2. The maximum atomic E-state index is 5.79. The summed E-state index contributed by atoms with van der Waals surface area (Å²) >= 11 is 0. The van der Waals surface area contributed by atoms with Crippen LogP contribution in [0.2, 0.25) is 0 Å². The molecule has 0 aromatic heterocycles. The second-order valence-electron chi connectivity index (χ2n) is 6.71. The lowest BCUT2D eigenvalue weighted by Crippen LogP contribution is -2.61. The molecule has 2 nitrogen and oxygen atoms in total. The topological polar surface area (TPSA) is 15.3 Å². The number of hydrogen-bond donors (Lipinski definition) is 1. The van der Waals surface area contributed by atoms with Gasteiger partial charge in [0.2, 0.25) is 0 Å². The molecule has 2 heteroatoms. The van der Waals surface area contributed by atoms with Crippen LogP contribution in [0.5, 0.6) is 0 Å². The number of terminal acetylenes is 1. The lowest BCUT2D eigenvalue weighted by Gasteiger charge is -2.45. The van der Waals surface area contributed by atoms with Gasteiger partial charge in [0, 0.05) is 25.2 Å². The highest BCUT2D eigenvalue weighted by Crippen LogP contribution is 2.22. The Morgan fingerprint density at radius 2 is 2.00 bits per heavy atom. The molecule has 3 unspecified atom stereocenters. The Hall–Kier alpha value is -0.520. The van der Waals surface area contributed by atoms with Gasteiger partial charge in [-0.3, -0.25) is 4.90 Å². The molecule has 19 heavy (non-hydrogen) atoms. The zero-order valence-corrected chi connectivity index (χ0v) is 13.4. The summed E-state index contributed by atoms with van der Waals surface area (Å²) in [5.74, 6) is 4.42. The maximum absolute atomic E-state index is 5.79. The standard InChI is InChI=1S/C17H32N2/c1-7-9-16(8-2)19-12-15(10-13(3)4)18-11-17(19)14(5)6/h2,13-18H,7,9-12H2,1,3-6H3. The van der Waals surface area contributed by atoms with E-state index in [0.29, 0.717) is 24.0 Å². The summed E-state index contributed by atoms with van der Waals surface area (Å²) in [5, 5.41) is 3.72. The van der Waals surface area contributed by atoms with Gasteiger partial charge in [0.25, 0.3) is 0 Å². The summed E-state index contributed by atoms with van der Waals surface area (Å²) in [5.41, 5.74) is 0. The molecule has 0 aromatic rings. The minimum atomic E-state index is 0.314. The zero-order chi connectivity index (χ0) is 14.4. The van der Waals surface area contributed by atoms with Gasteiger partial charge in [-0.2, -0.15) is 0 Å². The molecule has 0 aromatic carbocycles. The Morgan fingerprint density at radius 3 is 2.47 bits per heavy atom. The number of piperazine rings is 1. The monoisotopic (exact) mass is 264 g/mol. The van der Waals surface area contributed by atoms with Gasteiger partial charge in [-0.25, -0.2) is 0 Å². The average Bonchev–Trinajstić information content (AvgIpc) is 2.34. The summed E-state index contributed by atoms with van der Waals surface area (Å²) in [6.07, 6.45) is 9.31. The fourth-order valence-electron chi connectivity index (χ4n) is 3.18. The number of rotatable bonds is 6. The van der Waals surface area contributed by atoms with Crippen molar-refractivity contribution >= 4 is 0 Å². The molecule has 0 spiro atoms. The first-order valence-corrected chi connectivity index (χ1v) is 7.94. The molecule has 1 saturated heterocycles. The van der Waals surface area contributed by atoms with Crippen LogP contribution in [-0.2, 0) is 0 Å². The van der Waals surface area contributed by atoms with Crippen molar-refractivity contribution in [3.05, 3.63) is 0 Å². The first-order valence-electron chi connectivity index (χ1n) is 7.94. The van der Waals surface area contributed by atoms with Crippen LogP contribution < -0.4 is 5.32 Å². The summed E-state index contributed by atoms with van der Waals surface area (Å²) < 4.78 is 0. The van der Waals surface area contributed by atoms with Crippen LogP contribution >= 0.6 is 0 Å². The van der Waals surface area contributed by atoms with Gasteiger partial charge in [0.15, 0.2) is 0 Å². The van der Waals surface area contributed by atoms with Crippen LogP contribution in [0.3, 0.4) is 0 Å². The van der Waals surface area contributed by atoms with Gasteiger partial charge in [-0.1, -0.05) is 47.0 Å². The van der Waals surface area contributed by atoms with Gasteiger partial charge in [0.05, 0.1) is 6.04 Å². The minimum absolute atomic E-state index is 0.314. The highest BCUT2D eigenvalue weighted by atomic mass is 15.3. The summed E-state index contributed by atoms with van der Waals surface area (Å²) in [6.45, 7) is 13.6. The van der Waals surface area contributed by atoms with Crippen molar-refractivity contribution in [1.29, 1.82) is 0 Å². The van der Waals surface area contributed by atoms with E-state index in [0.717, 1.165) is 25.4 Å². The van der Waals surface area contributed by atoms with E-state index in [-0.39, 0.29) is 0 Å². The van der Waals surface area contributed by atoms with Crippen LogP contribution in [0.15, 0.2) is 0 Å². The summed E-state index contributed by atoms with van der Waals surface area (Å²) in [7, 11) is 0. The Kier molecular flexibility index (Phi) is 6.89. The molecule has 1 aliphatic heterocycles. The minimum Gasteiger partial charge on any atom is -0.311 e. The number of hydrogen-bond acceptors (Lipinski definition) is 2. The Morgan fingerprint density at radius 1 is 1.32 bits per heavy atom. The number of nitrogens with one attached hydrogen (secondary N) is 1. The van der Waals surface area contributed by atoms with Gasteiger partial charge >= 0.3 is 0 Å². The largest absolute Gasteiger partial charge is 0.311 e. The Labute approximate surface area is 120 Å². The predicted molar refractivity (Wildman–Crippen MR) is 84.1 cm³/mol. The first-order chi connectivity index (χ1) is 8.99. The third-order valence-electron chi connectivity index (χ3n) is 4.15. The van der Waals surface area contributed by atoms with Gasteiger partial charge in [0.1, 0.15) is 0 Å². The highest BCUT2D eigenvalue weighted by molar-refractivity contribution is 5.04. The van der Waals surface area contributed by atoms with Crippen molar-refractivity contribution in [2.24, 2.45) is 11.8 Å². The van der Waals surface area contributed by atoms with Crippen molar-refractivity contribution in [2.75, 3.05) is 13.1 Å². The van der Waals surface area contributed by atoms with E-state index >= 15 is 0 Å². The maximum Gasteiger partial charge on any atom is 0.0715 e. The van der Waals surface area contributed by atoms with Gasteiger partial charge < -0.3 is 5.32 Å². The molecule has 0 bridgehead atoms. The molecule has 1 N–H and O–H groups in total. The molecule has 1 heterocycles. The predicted octanol–water partition coefficient (Wildman–Crippen LogP) is 3.13. The van der Waals surface area contributed by atoms with Crippen molar-refractivity contribution in [3.63, 3.8) is 0 Å². The number of nitrogens with zero attached hydrogens (tertiary/aromatic N) is 1. The molecule has 1 aliphatic rings. The van der Waals surface area contributed by atoms with Gasteiger partial charge in [-0.15, -0.1) is 6.42 Å². The van der Waals surface area contributed by atoms with E-state index < -0.39 is 0 Å². The highest BCUT2D eigenvalue weighted by Gasteiger charge is 2.33. The van der Waals surface area contributed by atoms with Crippen LogP contribution in [0.1, 0.15) is 53.9 Å². The molecule has 0 amide bonds. The fourth-order valence-corrected chi connectivity index (χ4v) is 3.18.